The summed E-state index contributed by atoms with van der Waals surface area (Å²) in [5.41, 5.74) is 0.881. The maximum absolute atomic E-state index is 5.32. The third-order valence-corrected chi connectivity index (χ3v) is 2.00. The normalized spacial score (nSPS) is 14.5. The highest BCUT2D eigenvalue weighted by atomic mass is 15.1. The number of hydrazone groups is 1. The smallest absolute Gasteiger partial charge is 0.0834 e. The molecule has 2 N–H and O–H groups in total. The van der Waals surface area contributed by atoms with E-state index in [2.05, 4.69) is 37.8 Å². The van der Waals surface area contributed by atoms with E-state index in [1.54, 1.807) is 13.3 Å². The van der Waals surface area contributed by atoms with Gasteiger partial charge < -0.3 is 5.84 Å². The third-order valence-electron chi connectivity index (χ3n) is 2.00. The zero-order chi connectivity index (χ0) is 10.5. The topological polar surface area (TPSA) is 50.7 Å². The van der Waals surface area contributed by atoms with E-state index in [0.717, 1.165) is 12.1 Å². The van der Waals surface area contributed by atoms with Gasteiger partial charge in [-0.25, -0.2) is 0 Å². The largest absolute Gasteiger partial charge is 0.323 e. The third kappa shape index (κ3) is 4.06. The molecule has 3 nitrogen and oxygen atoms in total. The molecule has 0 rings (SSSR count). The summed E-state index contributed by atoms with van der Waals surface area (Å²) >= 11 is 0. The van der Waals surface area contributed by atoms with Crippen molar-refractivity contribution in [1.29, 1.82) is 0 Å². The fourth-order valence-electron chi connectivity index (χ4n) is 1.63. The van der Waals surface area contributed by atoms with Crippen molar-refractivity contribution in [1.82, 2.24) is 0 Å². The van der Waals surface area contributed by atoms with E-state index in [1.165, 1.54) is 0 Å². The average Bonchev–Trinajstić information content (AvgIpc) is 1.97. The van der Waals surface area contributed by atoms with Gasteiger partial charge in [-0.15, -0.1) is 0 Å². The summed E-state index contributed by atoms with van der Waals surface area (Å²) in [4.78, 5) is 3.94. The van der Waals surface area contributed by atoms with Crippen LogP contribution in [0.25, 0.3) is 0 Å². The van der Waals surface area contributed by atoms with Gasteiger partial charge in [0.2, 0.25) is 0 Å². The molecule has 0 saturated carbocycles. The zero-order valence-corrected chi connectivity index (χ0v) is 9.33. The second-order valence-corrected chi connectivity index (χ2v) is 4.38. The number of hydrogen-bond acceptors (Lipinski definition) is 3. The Bertz CT molecular complexity index is 202. The van der Waals surface area contributed by atoms with Gasteiger partial charge in [0.1, 0.15) is 0 Å². The van der Waals surface area contributed by atoms with Crippen molar-refractivity contribution in [3.8, 4) is 0 Å². The average molecular weight is 183 g/mol. The predicted molar refractivity (Wildman–Crippen MR) is 59.3 cm³/mol. The summed E-state index contributed by atoms with van der Waals surface area (Å²) in [6.07, 6.45) is 2.80. The molecule has 0 amide bonds. The van der Waals surface area contributed by atoms with E-state index >= 15 is 0 Å². The summed E-state index contributed by atoms with van der Waals surface area (Å²) in [6.45, 7) is 8.67. The molecule has 0 heterocycles. The van der Waals surface area contributed by atoms with Crippen LogP contribution >= 0.6 is 0 Å². The second-order valence-electron chi connectivity index (χ2n) is 4.38. The van der Waals surface area contributed by atoms with Crippen molar-refractivity contribution in [2.45, 2.75) is 34.1 Å². The number of hydrogen-bond donors (Lipinski definition) is 1. The SMILES string of the molecule is CN=CC(=NN)C(C)(C)CC(C)C. The van der Waals surface area contributed by atoms with Crippen LogP contribution in [-0.2, 0) is 0 Å². The van der Waals surface area contributed by atoms with Gasteiger partial charge in [0.25, 0.3) is 0 Å². The Morgan fingerprint density at radius 3 is 2.31 bits per heavy atom. The Labute approximate surface area is 81.1 Å². The molecule has 13 heavy (non-hydrogen) atoms. The predicted octanol–water partition coefficient (Wildman–Crippen LogP) is 2.07. The molecule has 0 bridgehead atoms. The van der Waals surface area contributed by atoms with Crippen LogP contribution in [0.2, 0.25) is 0 Å². The molecule has 0 aliphatic heterocycles. The summed E-state index contributed by atoms with van der Waals surface area (Å²) < 4.78 is 0. The van der Waals surface area contributed by atoms with Crippen LogP contribution in [-0.4, -0.2) is 19.0 Å². The first kappa shape index (κ1) is 12.1. The fourth-order valence-corrected chi connectivity index (χ4v) is 1.63. The number of aliphatic imine (C=N–C) groups is 1. The standard InChI is InChI=1S/C10H21N3/c1-8(2)6-10(3,4)9(13-11)7-12-5/h7-8H,6,11H2,1-5H3. The minimum absolute atomic E-state index is 0.0163. The van der Waals surface area contributed by atoms with Crippen molar-refractivity contribution in [2.75, 3.05) is 7.05 Å². The van der Waals surface area contributed by atoms with Gasteiger partial charge in [-0.05, 0) is 12.3 Å². The van der Waals surface area contributed by atoms with E-state index in [1.807, 2.05) is 0 Å². The van der Waals surface area contributed by atoms with E-state index in [4.69, 9.17) is 5.84 Å². The van der Waals surface area contributed by atoms with Gasteiger partial charge in [0.05, 0.1) is 5.71 Å². The van der Waals surface area contributed by atoms with Crippen LogP contribution < -0.4 is 5.84 Å². The van der Waals surface area contributed by atoms with Gasteiger partial charge in [-0.3, -0.25) is 4.99 Å². The van der Waals surface area contributed by atoms with E-state index < -0.39 is 0 Å². The Kier molecular flexibility index (Phi) is 4.67. The van der Waals surface area contributed by atoms with E-state index in [0.29, 0.717) is 5.92 Å². The molecule has 3 heteroatoms. The summed E-state index contributed by atoms with van der Waals surface area (Å²) in [6, 6.07) is 0. The van der Waals surface area contributed by atoms with Gasteiger partial charge in [0.15, 0.2) is 0 Å². The molecule has 76 valence electrons. The van der Waals surface area contributed by atoms with Crippen molar-refractivity contribution in [3.63, 3.8) is 0 Å². The first-order valence-corrected chi connectivity index (χ1v) is 4.64. The second kappa shape index (κ2) is 5.00. The monoisotopic (exact) mass is 183 g/mol. The molecule has 0 unspecified atom stereocenters. The molecule has 0 aliphatic rings. The zero-order valence-electron chi connectivity index (χ0n) is 9.33. The van der Waals surface area contributed by atoms with Crippen molar-refractivity contribution < 1.29 is 0 Å². The van der Waals surface area contributed by atoms with Crippen molar-refractivity contribution in [3.05, 3.63) is 0 Å². The Balaban J connectivity index is 4.58. The van der Waals surface area contributed by atoms with Crippen LogP contribution in [0.4, 0.5) is 0 Å². The van der Waals surface area contributed by atoms with Crippen LogP contribution in [0.15, 0.2) is 10.1 Å². The summed E-state index contributed by atoms with van der Waals surface area (Å²) in [5, 5.41) is 3.77. The molecule has 0 spiro atoms. The lowest BCUT2D eigenvalue weighted by Gasteiger charge is -2.25. The number of rotatable bonds is 4. The minimum Gasteiger partial charge on any atom is -0.323 e. The Hall–Kier alpha value is -0.860. The highest BCUT2D eigenvalue weighted by molar-refractivity contribution is 6.32. The molecule has 0 aromatic carbocycles. The van der Waals surface area contributed by atoms with Crippen LogP contribution in [0.3, 0.4) is 0 Å². The van der Waals surface area contributed by atoms with Gasteiger partial charge in [-0.2, -0.15) is 5.10 Å². The molecule has 0 fully saturated rings. The molecule has 0 saturated heterocycles. The van der Waals surface area contributed by atoms with Crippen molar-refractivity contribution >= 4 is 11.9 Å². The van der Waals surface area contributed by atoms with Crippen LogP contribution in [0.5, 0.6) is 0 Å². The highest BCUT2D eigenvalue weighted by Gasteiger charge is 2.24. The maximum Gasteiger partial charge on any atom is 0.0834 e. The molecule has 0 aliphatic carbocycles. The number of nitrogens with two attached hydrogens (primary N) is 1. The van der Waals surface area contributed by atoms with E-state index in [-0.39, 0.29) is 5.41 Å². The summed E-state index contributed by atoms with van der Waals surface area (Å²) in [5.74, 6) is 5.95. The lowest BCUT2D eigenvalue weighted by Crippen LogP contribution is -2.28. The fraction of sp³-hybridized carbons (Fsp3) is 0.800. The Morgan fingerprint density at radius 1 is 1.46 bits per heavy atom. The lowest BCUT2D eigenvalue weighted by molar-refractivity contribution is 0.397. The quantitative estimate of drug-likeness (QED) is 0.405. The first-order chi connectivity index (χ1) is 5.94. The molecular weight excluding hydrogens is 162 g/mol. The summed E-state index contributed by atoms with van der Waals surface area (Å²) in [7, 11) is 1.73. The van der Waals surface area contributed by atoms with Crippen molar-refractivity contribution in [2.24, 2.45) is 27.3 Å². The highest BCUT2D eigenvalue weighted by Crippen LogP contribution is 2.26. The molecule has 0 radical (unpaired) electrons. The molecule has 0 aromatic heterocycles. The van der Waals surface area contributed by atoms with Crippen LogP contribution in [0, 0.1) is 11.3 Å². The molecule has 0 aromatic rings. The van der Waals surface area contributed by atoms with Gasteiger partial charge in [-0.1, -0.05) is 27.7 Å². The Morgan fingerprint density at radius 2 is 2.00 bits per heavy atom. The lowest BCUT2D eigenvalue weighted by atomic mass is 9.80. The van der Waals surface area contributed by atoms with E-state index in [9.17, 15) is 0 Å². The van der Waals surface area contributed by atoms with Gasteiger partial charge >= 0.3 is 0 Å². The molecule has 0 atom stereocenters. The minimum atomic E-state index is 0.0163. The van der Waals surface area contributed by atoms with Gasteiger partial charge in [0, 0.05) is 18.7 Å². The maximum atomic E-state index is 5.32. The first-order valence-electron chi connectivity index (χ1n) is 4.64. The van der Waals surface area contributed by atoms with Crippen LogP contribution in [0.1, 0.15) is 34.1 Å². The molecular formula is C10H21N3. The number of nitrogens with zero attached hydrogens (tertiary/aromatic N) is 2.